The molecule has 0 unspecified atom stereocenters. The van der Waals surface area contributed by atoms with Gasteiger partial charge in [0, 0.05) is 16.1 Å². The van der Waals surface area contributed by atoms with Crippen LogP contribution in [0.3, 0.4) is 0 Å². The van der Waals surface area contributed by atoms with Gasteiger partial charge in [-0.25, -0.2) is 0 Å². The number of halogens is 1. The summed E-state index contributed by atoms with van der Waals surface area (Å²) in [7, 11) is -0.195. The van der Waals surface area contributed by atoms with E-state index in [9.17, 15) is 0 Å². The van der Waals surface area contributed by atoms with Crippen LogP contribution in [-0.2, 0) is 0 Å². The van der Waals surface area contributed by atoms with Crippen molar-refractivity contribution in [2.45, 2.75) is 19.1 Å². The lowest BCUT2D eigenvalue weighted by Crippen LogP contribution is -1.95. The summed E-state index contributed by atoms with van der Waals surface area (Å²) in [6.07, 6.45) is 0. The molecule has 0 N–H and O–H groups in total. The van der Waals surface area contributed by atoms with Gasteiger partial charge in [-0.2, -0.15) is 0 Å². The zero-order valence-corrected chi connectivity index (χ0v) is 10.5. The van der Waals surface area contributed by atoms with Gasteiger partial charge in [-0.1, -0.05) is 34.9 Å². The molecule has 0 heterocycles. The van der Waals surface area contributed by atoms with Crippen LogP contribution in [0.15, 0.2) is 28.7 Å². The molecule has 67 valence electrons. The number of benzene rings is 1. The van der Waals surface area contributed by atoms with Crippen molar-refractivity contribution in [1.82, 2.24) is 0 Å². The molecular formula is C11H12BrSi. The summed E-state index contributed by atoms with van der Waals surface area (Å²) in [5, 5.41) is 0. The SMILES string of the molecule is C[Si](C)CC#Cc1ccc(Br)cc1. The van der Waals surface area contributed by atoms with E-state index in [2.05, 4.69) is 40.9 Å². The van der Waals surface area contributed by atoms with Crippen molar-refractivity contribution < 1.29 is 0 Å². The molecule has 0 aliphatic carbocycles. The van der Waals surface area contributed by atoms with Gasteiger partial charge in [-0.3, -0.25) is 0 Å². The molecule has 1 rings (SSSR count). The molecule has 0 saturated heterocycles. The van der Waals surface area contributed by atoms with Crippen molar-refractivity contribution in [3.05, 3.63) is 34.3 Å². The average Bonchev–Trinajstić information content (AvgIpc) is 2.08. The molecule has 0 aromatic heterocycles. The van der Waals surface area contributed by atoms with Crippen LogP contribution in [0.4, 0.5) is 0 Å². The maximum atomic E-state index is 3.39. The Bertz CT molecular complexity index is 316. The third-order valence-corrected chi connectivity index (χ3v) is 2.93. The second kappa shape index (κ2) is 5.26. The summed E-state index contributed by atoms with van der Waals surface area (Å²) in [6.45, 7) is 4.56. The van der Waals surface area contributed by atoms with E-state index in [4.69, 9.17) is 0 Å². The highest BCUT2D eigenvalue weighted by atomic mass is 79.9. The quantitative estimate of drug-likeness (QED) is 0.529. The van der Waals surface area contributed by atoms with Crippen LogP contribution in [-0.4, -0.2) is 8.80 Å². The van der Waals surface area contributed by atoms with Crippen molar-refractivity contribution in [3.63, 3.8) is 0 Å². The van der Waals surface area contributed by atoms with Gasteiger partial charge in [0.1, 0.15) is 0 Å². The second-order valence-electron chi connectivity index (χ2n) is 3.19. The molecule has 0 aliphatic heterocycles. The summed E-state index contributed by atoms with van der Waals surface area (Å²) in [5.74, 6) is 6.36. The van der Waals surface area contributed by atoms with Gasteiger partial charge in [-0.15, -0.1) is 5.92 Å². The Balaban J connectivity index is 2.62. The number of rotatable bonds is 1. The van der Waals surface area contributed by atoms with Crippen LogP contribution in [0, 0.1) is 11.8 Å². The zero-order chi connectivity index (χ0) is 9.68. The molecule has 0 spiro atoms. The number of hydrogen-bond acceptors (Lipinski definition) is 0. The summed E-state index contributed by atoms with van der Waals surface area (Å²) in [5.41, 5.74) is 1.10. The normalized spacial score (nSPS) is 9.54. The lowest BCUT2D eigenvalue weighted by molar-refractivity contribution is 1.59. The molecule has 1 radical (unpaired) electrons. The van der Waals surface area contributed by atoms with E-state index in [0.29, 0.717) is 0 Å². The molecule has 1 aromatic rings. The molecule has 1 aromatic carbocycles. The molecule has 0 atom stereocenters. The summed E-state index contributed by atoms with van der Waals surface area (Å²) in [6, 6.07) is 9.19. The van der Waals surface area contributed by atoms with E-state index in [1.54, 1.807) is 0 Å². The van der Waals surface area contributed by atoms with E-state index in [1.165, 1.54) is 0 Å². The summed E-state index contributed by atoms with van der Waals surface area (Å²) in [4.78, 5) is 0. The Morgan fingerprint density at radius 3 is 2.38 bits per heavy atom. The highest BCUT2D eigenvalue weighted by molar-refractivity contribution is 9.10. The molecule has 0 amide bonds. The predicted molar refractivity (Wildman–Crippen MR) is 63.3 cm³/mol. The van der Waals surface area contributed by atoms with Crippen LogP contribution in [0.5, 0.6) is 0 Å². The topological polar surface area (TPSA) is 0 Å². The van der Waals surface area contributed by atoms with Crippen LogP contribution in [0.2, 0.25) is 19.1 Å². The molecule has 0 bridgehead atoms. The van der Waals surface area contributed by atoms with E-state index in [-0.39, 0.29) is 8.80 Å². The fourth-order valence-electron chi connectivity index (χ4n) is 0.856. The van der Waals surface area contributed by atoms with E-state index in [1.807, 2.05) is 24.3 Å². The van der Waals surface area contributed by atoms with Crippen LogP contribution < -0.4 is 0 Å². The molecule has 0 aliphatic rings. The van der Waals surface area contributed by atoms with Gasteiger partial charge in [0.15, 0.2) is 0 Å². The largest absolute Gasteiger partial charge is 0.101 e. The van der Waals surface area contributed by atoms with Gasteiger partial charge >= 0.3 is 0 Å². The fourth-order valence-corrected chi connectivity index (χ4v) is 1.56. The lowest BCUT2D eigenvalue weighted by atomic mass is 10.2. The first-order valence-electron chi connectivity index (χ1n) is 4.22. The maximum Gasteiger partial charge on any atom is 0.0556 e. The molecule has 0 saturated carbocycles. The Labute approximate surface area is 90.1 Å². The van der Waals surface area contributed by atoms with Crippen molar-refractivity contribution >= 4 is 24.7 Å². The van der Waals surface area contributed by atoms with Crippen molar-refractivity contribution in [2.24, 2.45) is 0 Å². The van der Waals surface area contributed by atoms with Crippen molar-refractivity contribution in [2.75, 3.05) is 0 Å². The molecule has 13 heavy (non-hydrogen) atoms. The Kier molecular flexibility index (Phi) is 4.27. The molecular weight excluding hydrogens is 240 g/mol. The van der Waals surface area contributed by atoms with Gasteiger partial charge < -0.3 is 0 Å². The first kappa shape index (κ1) is 10.6. The first-order chi connectivity index (χ1) is 6.18. The van der Waals surface area contributed by atoms with Crippen LogP contribution >= 0.6 is 15.9 Å². The highest BCUT2D eigenvalue weighted by Gasteiger charge is 1.90. The van der Waals surface area contributed by atoms with Crippen molar-refractivity contribution in [1.29, 1.82) is 0 Å². The Morgan fingerprint density at radius 2 is 1.85 bits per heavy atom. The van der Waals surface area contributed by atoms with Gasteiger partial charge in [0.25, 0.3) is 0 Å². The van der Waals surface area contributed by atoms with Crippen LogP contribution in [0.25, 0.3) is 0 Å². The lowest BCUT2D eigenvalue weighted by Gasteiger charge is -1.92. The minimum Gasteiger partial charge on any atom is -0.101 e. The smallest absolute Gasteiger partial charge is 0.0556 e. The maximum absolute atomic E-state index is 3.39. The standard InChI is InChI=1S/C11H12BrSi/c1-13(2)9-3-4-10-5-7-11(12)8-6-10/h5-8H,9H2,1-2H3. The van der Waals surface area contributed by atoms with E-state index in [0.717, 1.165) is 16.1 Å². The van der Waals surface area contributed by atoms with Crippen LogP contribution in [0.1, 0.15) is 5.56 Å². The molecule has 2 heteroatoms. The highest BCUT2D eigenvalue weighted by Crippen LogP contribution is 2.09. The number of hydrogen-bond donors (Lipinski definition) is 0. The Hall–Kier alpha value is -0.523. The van der Waals surface area contributed by atoms with Gasteiger partial charge in [-0.05, 0) is 24.3 Å². The third-order valence-electron chi connectivity index (χ3n) is 1.52. The fraction of sp³-hybridized carbons (Fsp3) is 0.273. The molecule has 0 fully saturated rings. The monoisotopic (exact) mass is 251 g/mol. The minimum absolute atomic E-state index is 0.195. The van der Waals surface area contributed by atoms with Gasteiger partial charge in [0.05, 0.1) is 8.80 Å². The van der Waals surface area contributed by atoms with E-state index < -0.39 is 0 Å². The predicted octanol–water partition coefficient (Wildman–Crippen LogP) is 3.56. The summed E-state index contributed by atoms with van der Waals surface area (Å²) >= 11 is 3.39. The zero-order valence-electron chi connectivity index (χ0n) is 7.89. The first-order valence-corrected chi connectivity index (χ1v) is 7.72. The third kappa shape index (κ3) is 4.30. The Morgan fingerprint density at radius 1 is 1.23 bits per heavy atom. The van der Waals surface area contributed by atoms with E-state index >= 15 is 0 Å². The second-order valence-corrected chi connectivity index (χ2v) is 6.88. The average molecular weight is 252 g/mol. The van der Waals surface area contributed by atoms with Crippen molar-refractivity contribution in [3.8, 4) is 11.8 Å². The van der Waals surface area contributed by atoms with Gasteiger partial charge in [0.2, 0.25) is 0 Å². The minimum atomic E-state index is -0.195. The summed E-state index contributed by atoms with van der Waals surface area (Å²) < 4.78 is 1.11. The molecule has 0 nitrogen and oxygen atoms in total.